The molecule has 0 saturated carbocycles. The Labute approximate surface area is 107 Å². The first-order chi connectivity index (χ1) is 8.10. The van der Waals surface area contributed by atoms with Crippen molar-refractivity contribution in [3.05, 3.63) is 29.8 Å². The molecule has 0 spiro atoms. The molecule has 0 bridgehead atoms. The highest BCUT2D eigenvalue weighted by Gasteiger charge is 2.41. The van der Waals surface area contributed by atoms with Crippen molar-refractivity contribution in [1.82, 2.24) is 0 Å². The van der Waals surface area contributed by atoms with Crippen molar-refractivity contribution in [1.29, 1.82) is 0 Å². The van der Waals surface area contributed by atoms with Crippen LogP contribution >= 0.6 is 0 Å². The van der Waals surface area contributed by atoms with E-state index in [0.29, 0.717) is 5.19 Å². The second-order valence-corrected chi connectivity index (χ2v) is 9.75. The molecule has 0 aliphatic rings. The molecule has 1 aromatic carbocycles. The zero-order valence-electron chi connectivity index (χ0n) is 11.0. The lowest BCUT2D eigenvalue weighted by molar-refractivity contribution is -0.137. The minimum Gasteiger partial charge on any atom is -0.427 e. The molecule has 0 aromatic heterocycles. The zero-order chi connectivity index (χ0) is 14.1. The van der Waals surface area contributed by atoms with Crippen molar-refractivity contribution in [2.24, 2.45) is 0 Å². The average Bonchev–Trinajstić information content (AvgIpc) is 2.26. The van der Waals surface area contributed by atoms with E-state index in [9.17, 15) is 18.0 Å². The first-order valence-corrected chi connectivity index (χ1v) is 8.10. The summed E-state index contributed by atoms with van der Waals surface area (Å²) in [5, 5.41) is 0.667. The molecule has 1 nitrogen and oxygen atoms in total. The summed E-state index contributed by atoms with van der Waals surface area (Å²) in [6, 6.07) is 4.96. The van der Waals surface area contributed by atoms with Gasteiger partial charge in [0.25, 0.3) is 0 Å². The number of hydrogen-bond donors (Lipinski definition) is 1. The van der Waals surface area contributed by atoms with Gasteiger partial charge < -0.3 is 4.80 Å². The van der Waals surface area contributed by atoms with Crippen LogP contribution in [0.5, 0.6) is 0 Å². The summed E-state index contributed by atoms with van der Waals surface area (Å²) in [5.74, 6) is 0. The summed E-state index contributed by atoms with van der Waals surface area (Å²) < 4.78 is 37.4. The predicted octanol–water partition coefficient (Wildman–Crippen LogP) is 3.67. The molecule has 0 radical (unpaired) electrons. The molecule has 0 amide bonds. The number of hydrogen-bond acceptors (Lipinski definition) is 1. The maximum absolute atomic E-state index is 12.5. The topological polar surface area (TPSA) is 20.2 Å². The highest BCUT2D eigenvalue weighted by Crippen LogP contribution is 2.32. The number of halogens is 3. The molecular formula is C13H19F3OSi. The Bertz CT molecular complexity index is 388. The van der Waals surface area contributed by atoms with Crippen molar-refractivity contribution in [3.63, 3.8) is 0 Å². The van der Waals surface area contributed by atoms with Crippen LogP contribution in [0.15, 0.2) is 24.3 Å². The molecule has 0 aliphatic heterocycles. The SMILES string of the molecule is CC(C)[Si](O)(c1ccc(C(F)(F)F)cc1)C(C)C. The molecule has 18 heavy (non-hydrogen) atoms. The lowest BCUT2D eigenvalue weighted by Gasteiger charge is -2.33. The lowest BCUT2D eigenvalue weighted by atomic mass is 10.2. The Morgan fingerprint density at radius 2 is 1.33 bits per heavy atom. The normalized spacial score (nSPS) is 13.4. The summed E-state index contributed by atoms with van der Waals surface area (Å²) in [5.41, 5.74) is -0.543. The van der Waals surface area contributed by atoms with Gasteiger partial charge >= 0.3 is 6.18 Å². The van der Waals surface area contributed by atoms with Crippen molar-refractivity contribution < 1.29 is 18.0 Å². The van der Waals surface area contributed by atoms with Gasteiger partial charge in [-0.3, -0.25) is 0 Å². The Kier molecular flexibility index (Phi) is 4.28. The van der Waals surface area contributed by atoms with E-state index in [1.165, 1.54) is 12.1 Å². The third kappa shape index (κ3) is 2.78. The Morgan fingerprint density at radius 1 is 0.944 bits per heavy atom. The molecule has 1 aromatic rings. The molecule has 1 N–H and O–H groups in total. The van der Waals surface area contributed by atoms with Crippen LogP contribution < -0.4 is 5.19 Å². The van der Waals surface area contributed by atoms with Crippen LogP contribution in [-0.4, -0.2) is 13.1 Å². The summed E-state index contributed by atoms with van der Waals surface area (Å²) in [4.78, 5) is 10.8. The van der Waals surface area contributed by atoms with Gasteiger partial charge in [-0.15, -0.1) is 0 Å². The van der Waals surface area contributed by atoms with Crippen LogP contribution in [0.1, 0.15) is 33.3 Å². The van der Waals surface area contributed by atoms with Crippen molar-refractivity contribution >= 4 is 13.5 Å². The van der Waals surface area contributed by atoms with Gasteiger partial charge in [0, 0.05) is 0 Å². The summed E-state index contributed by atoms with van der Waals surface area (Å²) in [6.07, 6.45) is -4.33. The van der Waals surface area contributed by atoms with Crippen LogP contribution in [0.25, 0.3) is 0 Å². The Hall–Kier alpha value is -0.813. The van der Waals surface area contributed by atoms with Crippen molar-refractivity contribution in [2.45, 2.75) is 45.0 Å². The smallest absolute Gasteiger partial charge is 0.416 e. The van der Waals surface area contributed by atoms with Gasteiger partial charge in [0.15, 0.2) is 0 Å². The molecule has 0 unspecified atom stereocenters. The molecule has 0 heterocycles. The van der Waals surface area contributed by atoms with Crippen molar-refractivity contribution in [3.8, 4) is 0 Å². The highest BCUT2D eigenvalue weighted by molar-refractivity contribution is 6.87. The second kappa shape index (κ2) is 5.05. The first-order valence-electron chi connectivity index (χ1n) is 6.00. The Balaban J connectivity index is 3.18. The lowest BCUT2D eigenvalue weighted by Crippen LogP contribution is -2.53. The van der Waals surface area contributed by atoms with Crippen LogP contribution in [0.2, 0.25) is 11.1 Å². The van der Waals surface area contributed by atoms with Crippen LogP contribution in [-0.2, 0) is 6.18 Å². The molecule has 5 heteroatoms. The van der Waals surface area contributed by atoms with Crippen LogP contribution in [0.3, 0.4) is 0 Å². The summed E-state index contributed by atoms with van der Waals surface area (Å²) in [6.45, 7) is 7.68. The van der Waals surface area contributed by atoms with E-state index < -0.39 is 20.1 Å². The zero-order valence-corrected chi connectivity index (χ0v) is 12.0. The molecule has 0 atom stereocenters. The van der Waals surface area contributed by atoms with E-state index in [0.717, 1.165) is 12.1 Å². The van der Waals surface area contributed by atoms with Gasteiger partial charge in [-0.25, -0.2) is 0 Å². The third-order valence-electron chi connectivity index (χ3n) is 3.44. The maximum atomic E-state index is 12.5. The molecule has 0 fully saturated rings. The van der Waals surface area contributed by atoms with Gasteiger partial charge in [0.05, 0.1) is 5.56 Å². The predicted molar refractivity (Wildman–Crippen MR) is 69.2 cm³/mol. The number of rotatable bonds is 3. The van der Waals surface area contributed by atoms with Crippen LogP contribution in [0, 0.1) is 0 Å². The Morgan fingerprint density at radius 3 is 1.61 bits per heavy atom. The van der Waals surface area contributed by atoms with E-state index in [-0.39, 0.29) is 11.1 Å². The average molecular weight is 276 g/mol. The quantitative estimate of drug-likeness (QED) is 0.835. The van der Waals surface area contributed by atoms with Crippen molar-refractivity contribution in [2.75, 3.05) is 0 Å². The summed E-state index contributed by atoms with van der Waals surface area (Å²) in [7, 11) is -2.73. The fourth-order valence-electron chi connectivity index (χ4n) is 2.26. The largest absolute Gasteiger partial charge is 0.427 e. The van der Waals surface area contributed by atoms with Gasteiger partial charge in [-0.05, 0) is 16.3 Å². The number of benzene rings is 1. The fourth-order valence-corrected chi connectivity index (χ4v) is 5.63. The number of alkyl halides is 3. The van der Waals surface area contributed by atoms with Crippen LogP contribution in [0.4, 0.5) is 13.2 Å². The highest BCUT2D eigenvalue weighted by atomic mass is 28.4. The first kappa shape index (κ1) is 15.2. The minimum atomic E-state index is -4.33. The summed E-state index contributed by atoms with van der Waals surface area (Å²) >= 11 is 0. The van der Waals surface area contributed by atoms with Gasteiger partial charge in [-0.2, -0.15) is 13.2 Å². The van der Waals surface area contributed by atoms with Gasteiger partial charge in [0.1, 0.15) is 0 Å². The van der Waals surface area contributed by atoms with E-state index in [1.54, 1.807) is 0 Å². The molecular weight excluding hydrogens is 257 g/mol. The van der Waals surface area contributed by atoms with Gasteiger partial charge in [0.2, 0.25) is 8.32 Å². The van der Waals surface area contributed by atoms with Gasteiger partial charge in [-0.1, -0.05) is 52.0 Å². The second-order valence-electron chi connectivity index (χ2n) is 5.21. The molecule has 0 saturated heterocycles. The van der Waals surface area contributed by atoms with E-state index in [2.05, 4.69) is 0 Å². The van der Waals surface area contributed by atoms with E-state index >= 15 is 0 Å². The minimum absolute atomic E-state index is 0.0641. The molecule has 0 aliphatic carbocycles. The van der Waals surface area contributed by atoms with E-state index in [1.807, 2.05) is 27.7 Å². The molecule has 102 valence electrons. The fraction of sp³-hybridized carbons (Fsp3) is 0.538. The molecule has 1 rings (SSSR count). The third-order valence-corrected chi connectivity index (χ3v) is 8.21. The standard InChI is InChI=1S/C13H19F3OSi/c1-9(2)18(17,10(3)4)12-7-5-11(6-8-12)13(14,15)16/h5-10,17H,1-4H3. The van der Waals surface area contributed by atoms with E-state index in [4.69, 9.17) is 0 Å². The monoisotopic (exact) mass is 276 g/mol. The maximum Gasteiger partial charge on any atom is 0.416 e.